The van der Waals surface area contributed by atoms with Crippen molar-refractivity contribution in [1.82, 2.24) is 9.55 Å². The average molecular weight is 453 g/mol. The number of anilines is 1. The van der Waals surface area contributed by atoms with Gasteiger partial charge in [-0.2, -0.15) is 18.4 Å². The molecule has 11 heteroatoms. The Labute approximate surface area is 178 Å². The third-order valence-electron chi connectivity index (χ3n) is 4.01. The van der Waals surface area contributed by atoms with Crippen LogP contribution in [0.5, 0.6) is 0 Å². The molecule has 0 aliphatic rings. The van der Waals surface area contributed by atoms with E-state index in [2.05, 4.69) is 4.98 Å². The van der Waals surface area contributed by atoms with Crippen LogP contribution in [0.25, 0.3) is 5.69 Å². The highest BCUT2D eigenvalue weighted by atomic mass is 35.5. The Bertz CT molecular complexity index is 1150. The standard InChI is InChI=1S/C19H12ClF3N4O2S/c1-29-18(28)16-15(25)10(7-24)9-27(16)12-2-4-13(5-3-12)30-17-14(20)6-11(8-26-17)19(21,22)23/h2-6,8-9H,25H2,1H3. The van der Waals surface area contributed by atoms with Crippen LogP contribution >= 0.6 is 23.4 Å². The minimum absolute atomic E-state index is 0.00328. The Balaban J connectivity index is 1.90. The lowest BCUT2D eigenvalue weighted by Gasteiger charge is -2.10. The molecule has 0 aliphatic carbocycles. The van der Waals surface area contributed by atoms with Gasteiger partial charge < -0.3 is 15.0 Å². The maximum atomic E-state index is 12.7. The molecule has 2 N–H and O–H groups in total. The van der Waals surface area contributed by atoms with Gasteiger partial charge in [-0.1, -0.05) is 23.4 Å². The number of hydrogen-bond acceptors (Lipinski definition) is 6. The number of aromatic nitrogens is 2. The highest BCUT2D eigenvalue weighted by molar-refractivity contribution is 7.99. The quantitative estimate of drug-likeness (QED) is 0.564. The van der Waals surface area contributed by atoms with Gasteiger partial charge in [0, 0.05) is 23.0 Å². The molecule has 2 aromatic heterocycles. The van der Waals surface area contributed by atoms with Gasteiger partial charge in [0.2, 0.25) is 0 Å². The third-order valence-corrected chi connectivity index (χ3v) is 5.43. The molecule has 0 aliphatic heterocycles. The number of alkyl halides is 3. The Hall–Kier alpha value is -3.16. The van der Waals surface area contributed by atoms with Crippen LogP contribution in [0.1, 0.15) is 21.6 Å². The molecular formula is C19H12ClF3N4O2S. The van der Waals surface area contributed by atoms with E-state index in [1.807, 2.05) is 6.07 Å². The topological polar surface area (TPSA) is 93.9 Å². The van der Waals surface area contributed by atoms with Gasteiger partial charge in [0.05, 0.1) is 28.9 Å². The highest BCUT2D eigenvalue weighted by Gasteiger charge is 2.31. The lowest BCUT2D eigenvalue weighted by atomic mass is 10.2. The van der Waals surface area contributed by atoms with E-state index >= 15 is 0 Å². The van der Waals surface area contributed by atoms with Crippen LogP contribution in [0.15, 0.2) is 52.6 Å². The number of methoxy groups -OCH3 is 1. The molecule has 0 amide bonds. The summed E-state index contributed by atoms with van der Waals surface area (Å²) in [6, 6.07) is 9.35. The van der Waals surface area contributed by atoms with Crippen molar-refractivity contribution in [2.45, 2.75) is 16.1 Å². The Morgan fingerprint density at radius 3 is 2.53 bits per heavy atom. The summed E-state index contributed by atoms with van der Waals surface area (Å²) in [6.45, 7) is 0. The van der Waals surface area contributed by atoms with Crippen LogP contribution in [0, 0.1) is 11.3 Å². The van der Waals surface area contributed by atoms with Crippen molar-refractivity contribution in [3.63, 3.8) is 0 Å². The Morgan fingerprint density at radius 1 is 1.33 bits per heavy atom. The number of esters is 1. The fourth-order valence-corrected chi connectivity index (χ4v) is 3.60. The smallest absolute Gasteiger partial charge is 0.417 e. The number of rotatable bonds is 4. The molecule has 0 saturated carbocycles. The van der Waals surface area contributed by atoms with Crippen LogP contribution in [-0.4, -0.2) is 22.6 Å². The highest BCUT2D eigenvalue weighted by Crippen LogP contribution is 2.36. The molecule has 0 radical (unpaired) electrons. The van der Waals surface area contributed by atoms with Gasteiger partial charge in [-0.25, -0.2) is 9.78 Å². The molecule has 0 spiro atoms. The van der Waals surface area contributed by atoms with Crippen LogP contribution in [0.4, 0.5) is 18.9 Å². The summed E-state index contributed by atoms with van der Waals surface area (Å²) < 4.78 is 44.4. The summed E-state index contributed by atoms with van der Waals surface area (Å²) in [5, 5.41) is 9.26. The van der Waals surface area contributed by atoms with Gasteiger partial charge in [-0.3, -0.25) is 0 Å². The number of nitrogen functional groups attached to an aromatic ring is 1. The van der Waals surface area contributed by atoms with Crippen molar-refractivity contribution < 1.29 is 22.7 Å². The molecular weight excluding hydrogens is 441 g/mol. The van der Waals surface area contributed by atoms with Crippen molar-refractivity contribution in [2.24, 2.45) is 0 Å². The van der Waals surface area contributed by atoms with Gasteiger partial charge in [0.1, 0.15) is 11.1 Å². The largest absolute Gasteiger partial charge is 0.464 e. The number of nitrogens with zero attached hydrogens (tertiary/aromatic N) is 3. The van der Waals surface area contributed by atoms with E-state index in [9.17, 15) is 23.2 Å². The molecule has 2 heterocycles. The minimum atomic E-state index is -4.53. The van der Waals surface area contributed by atoms with Crippen LogP contribution in [0.2, 0.25) is 5.02 Å². The zero-order chi connectivity index (χ0) is 22.1. The van der Waals surface area contributed by atoms with Gasteiger partial charge in [0.25, 0.3) is 0 Å². The fraction of sp³-hybridized carbons (Fsp3) is 0.105. The first-order valence-corrected chi connectivity index (χ1v) is 9.35. The normalized spacial score (nSPS) is 11.2. The molecule has 30 heavy (non-hydrogen) atoms. The van der Waals surface area contributed by atoms with E-state index in [-0.39, 0.29) is 27.0 Å². The number of nitriles is 1. The lowest BCUT2D eigenvalue weighted by molar-refractivity contribution is -0.137. The maximum absolute atomic E-state index is 12.7. The molecule has 6 nitrogen and oxygen atoms in total. The molecule has 1 aromatic carbocycles. The molecule has 0 fully saturated rings. The summed E-state index contributed by atoms with van der Waals surface area (Å²) in [4.78, 5) is 16.5. The molecule has 3 aromatic rings. The molecule has 3 rings (SSSR count). The Morgan fingerprint density at radius 2 is 2.00 bits per heavy atom. The van der Waals surface area contributed by atoms with Gasteiger partial charge in [-0.05, 0) is 30.3 Å². The molecule has 0 atom stereocenters. The predicted octanol–water partition coefficient (Wildman–Crippen LogP) is 4.94. The number of ether oxygens (including phenoxy) is 1. The first-order chi connectivity index (χ1) is 14.2. The van der Waals surface area contributed by atoms with Gasteiger partial charge >= 0.3 is 12.1 Å². The van der Waals surface area contributed by atoms with Crippen LogP contribution < -0.4 is 5.73 Å². The van der Waals surface area contributed by atoms with Gasteiger partial charge in [-0.15, -0.1) is 0 Å². The van der Waals surface area contributed by atoms with Crippen LogP contribution in [0.3, 0.4) is 0 Å². The third kappa shape index (κ3) is 4.22. The molecule has 0 bridgehead atoms. The zero-order valence-corrected chi connectivity index (χ0v) is 16.8. The summed E-state index contributed by atoms with van der Waals surface area (Å²) in [5.74, 6) is -0.701. The van der Waals surface area contributed by atoms with Crippen molar-refractivity contribution >= 4 is 35.0 Å². The maximum Gasteiger partial charge on any atom is 0.417 e. The average Bonchev–Trinajstić information content (AvgIpc) is 3.05. The predicted molar refractivity (Wildman–Crippen MR) is 105 cm³/mol. The number of carbonyl (C=O) groups excluding carboxylic acids is 1. The molecule has 0 saturated heterocycles. The van der Waals surface area contributed by atoms with E-state index in [4.69, 9.17) is 22.1 Å². The molecule has 0 unspecified atom stereocenters. The molecule has 154 valence electrons. The first-order valence-electron chi connectivity index (χ1n) is 8.16. The summed E-state index contributed by atoms with van der Waals surface area (Å²) >= 11 is 7.01. The zero-order valence-electron chi connectivity index (χ0n) is 15.2. The summed E-state index contributed by atoms with van der Waals surface area (Å²) in [6.07, 6.45) is -2.39. The summed E-state index contributed by atoms with van der Waals surface area (Å²) in [7, 11) is 1.20. The Kier molecular flexibility index (Phi) is 5.96. The second-order valence-electron chi connectivity index (χ2n) is 5.88. The van der Waals surface area contributed by atoms with E-state index < -0.39 is 17.7 Å². The van der Waals surface area contributed by atoms with Crippen LogP contribution in [-0.2, 0) is 10.9 Å². The fourth-order valence-electron chi connectivity index (χ4n) is 2.56. The van der Waals surface area contributed by atoms with Crippen molar-refractivity contribution in [3.8, 4) is 11.8 Å². The van der Waals surface area contributed by atoms with E-state index in [0.717, 1.165) is 24.0 Å². The minimum Gasteiger partial charge on any atom is -0.464 e. The number of benzene rings is 1. The van der Waals surface area contributed by atoms with Crippen molar-refractivity contribution in [1.29, 1.82) is 5.26 Å². The van der Waals surface area contributed by atoms with E-state index in [1.165, 1.54) is 17.9 Å². The number of hydrogen-bond donors (Lipinski definition) is 1. The van der Waals surface area contributed by atoms with E-state index in [0.29, 0.717) is 10.6 Å². The van der Waals surface area contributed by atoms with Crippen molar-refractivity contribution in [2.75, 3.05) is 12.8 Å². The van der Waals surface area contributed by atoms with E-state index in [1.54, 1.807) is 24.3 Å². The number of nitrogens with two attached hydrogens (primary N) is 1. The SMILES string of the molecule is COC(=O)c1c(N)c(C#N)cn1-c1ccc(Sc2ncc(C(F)(F)F)cc2Cl)cc1. The number of halogens is 4. The van der Waals surface area contributed by atoms with Crippen molar-refractivity contribution in [3.05, 3.63) is 64.6 Å². The lowest BCUT2D eigenvalue weighted by Crippen LogP contribution is -2.11. The number of carbonyl (C=O) groups is 1. The second kappa shape index (κ2) is 8.30. The summed E-state index contributed by atoms with van der Waals surface area (Å²) in [5.41, 5.74) is 5.61. The number of pyridine rings is 1. The second-order valence-corrected chi connectivity index (χ2v) is 7.35. The van der Waals surface area contributed by atoms with Gasteiger partial charge in [0.15, 0.2) is 5.69 Å². The monoisotopic (exact) mass is 452 g/mol. The first kappa shape index (κ1) is 21.5.